The van der Waals surface area contributed by atoms with Gasteiger partial charge >= 0.3 is 5.69 Å². The molecule has 30 heavy (non-hydrogen) atoms. The highest BCUT2D eigenvalue weighted by atomic mass is 32.2. The zero-order valence-corrected chi connectivity index (χ0v) is 17.5. The van der Waals surface area contributed by atoms with Crippen molar-refractivity contribution < 1.29 is 9.53 Å². The van der Waals surface area contributed by atoms with E-state index in [2.05, 4.69) is 9.97 Å². The number of aromatic nitrogens is 4. The molecule has 0 N–H and O–H groups in total. The summed E-state index contributed by atoms with van der Waals surface area (Å²) < 4.78 is 7.65. The first-order chi connectivity index (χ1) is 14.5. The van der Waals surface area contributed by atoms with Crippen molar-refractivity contribution >= 4 is 28.7 Å². The number of rotatable bonds is 4. The Hall–Kier alpha value is -2.98. The minimum Gasteiger partial charge on any atom is -0.378 e. The molecular formula is C20H21N5O4S. The number of aryl methyl sites for hydroxylation is 1. The normalized spacial score (nSPS) is 14.3. The maximum absolute atomic E-state index is 12.9. The van der Waals surface area contributed by atoms with Gasteiger partial charge in [0.05, 0.1) is 19.0 Å². The topological polar surface area (TPSA) is 99.3 Å². The Kier molecular flexibility index (Phi) is 5.69. The molecule has 0 bridgehead atoms. The smallest absolute Gasteiger partial charge is 0.332 e. The molecule has 0 aliphatic carbocycles. The largest absolute Gasteiger partial charge is 0.378 e. The van der Waals surface area contributed by atoms with E-state index in [1.54, 1.807) is 11.9 Å². The third-order valence-electron chi connectivity index (χ3n) is 4.99. The van der Waals surface area contributed by atoms with Crippen molar-refractivity contribution in [3.05, 3.63) is 51.2 Å². The number of ether oxygens (including phenoxy) is 1. The lowest BCUT2D eigenvalue weighted by molar-refractivity contribution is -0.132. The van der Waals surface area contributed by atoms with E-state index in [1.807, 2.05) is 30.3 Å². The highest BCUT2D eigenvalue weighted by Gasteiger charge is 2.21. The Morgan fingerprint density at radius 2 is 1.77 bits per heavy atom. The molecule has 2 aromatic heterocycles. The van der Waals surface area contributed by atoms with Crippen molar-refractivity contribution in [3.63, 3.8) is 0 Å². The van der Waals surface area contributed by atoms with E-state index >= 15 is 0 Å². The zero-order chi connectivity index (χ0) is 21.3. The Morgan fingerprint density at radius 1 is 1.07 bits per heavy atom. The number of morpholine rings is 1. The molecule has 1 saturated heterocycles. The van der Waals surface area contributed by atoms with Crippen LogP contribution in [0.2, 0.25) is 0 Å². The number of amides is 1. The molecule has 1 aromatic carbocycles. The Balaban J connectivity index is 1.80. The third kappa shape index (κ3) is 3.75. The van der Waals surface area contributed by atoms with Crippen LogP contribution in [0.1, 0.15) is 0 Å². The van der Waals surface area contributed by atoms with Crippen molar-refractivity contribution in [2.24, 2.45) is 14.1 Å². The van der Waals surface area contributed by atoms with Gasteiger partial charge in [0.15, 0.2) is 11.5 Å². The van der Waals surface area contributed by atoms with Gasteiger partial charge in [0.25, 0.3) is 5.56 Å². The molecule has 10 heteroatoms. The molecule has 0 spiro atoms. The Morgan fingerprint density at radius 3 is 2.47 bits per heavy atom. The van der Waals surface area contributed by atoms with Crippen molar-refractivity contribution in [1.29, 1.82) is 0 Å². The maximum atomic E-state index is 12.9. The Labute approximate surface area is 176 Å². The minimum atomic E-state index is -0.478. The first-order valence-corrected chi connectivity index (χ1v) is 10.5. The number of hydrogen-bond acceptors (Lipinski definition) is 7. The summed E-state index contributed by atoms with van der Waals surface area (Å²) in [7, 11) is 2.99. The number of hydrogen-bond donors (Lipinski definition) is 0. The standard InChI is InChI=1S/C20H21N5O4S/c1-23-17-15(19(27)24(2)20(23)28)18(22-16(21-17)13-6-4-3-5-7-13)30-12-14(26)25-8-10-29-11-9-25/h3-7H,8-12H2,1-2H3. The van der Waals surface area contributed by atoms with Crippen molar-refractivity contribution in [1.82, 2.24) is 24.0 Å². The summed E-state index contributed by atoms with van der Waals surface area (Å²) in [5.41, 5.74) is 0.0618. The van der Waals surface area contributed by atoms with Gasteiger partial charge in [-0.2, -0.15) is 0 Å². The van der Waals surface area contributed by atoms with Crippen LogP contribution in [-0.2, 0) is 23.6 Å². The van der Waals surface area contributed by atoms with Crippen LogP contribution < -0.4 is 11.2 Å². The molecule has 3 aromatic rings. The molecule has 0 saturated carbocycles. The fourth-order valence-corrected chi connectivity index (χ4v) is 4.20. The van der Waals surface area contributed by atoms with E-state index in [9.17, 15) is 14.4 Å². The van der Waals surface area contributed by atoms with Gasteiger partial charge in [-0.05, 0) is 0 Å². The SMILES string of the molecule is Cn1c(=O)c2c(SCC(=O)N3CCOCC3)nc(-c3ccccc3)nc2n(C)c1=O. The quantitative estimate of drug-likeness (QED) is 0.445. The van der Waals surface area contributed by atoms with Crippen molar-refractivity contribution in [2.45, 2.75) is 5.03 Å². The van der Waals surface area contributed by atoms with Gasteiger partial charge in [-0.15, -0.1) is 0 Å². The monoisotopic (exact) mass is 427 g/mol. The first kappa shape index (κ1) is 20.3. The second kappa shape index (κ2) is 8.41. The van der Waals surface area contributed by atoms with Crippen LogP contribution in [0.15, 0.2) is 44.9 Å². The molecule has 4 rings (SSSR count). The van der Waals surface area contributed by atoms with Gasteiger partial charge in [0.1, 0.15) is 10.4 Å². The van der Waals surface area contributed by atoms with Crippen LogP contribution in [-0.4, -0.2) is 62.0 Å². The van der Waals surface area contributed by atoms with E-state index in [-0.39, 0.29) is 22.7 Å². The minimum absolute atomic E-state index is 0.0435. The average molecular weight is 427 g/mol. The summed E-state index contributed by atoms with van der Waals surface area (Å²) in [6.45, 7) is 2.15. The second-order valence-electron chi connectivity index (χ2n) is 6.90. The first-order valence-electron chi connectivity index (χ1n) is 9.49. The summed E-state index contributed by atoms with van der Waals surface area (Å²) in [6, 6.07) is 9.31. The molecule has 156 valence electrons. The summed E-state index contributed by atoms with van der Waals surface area (Å²) in [6.07, 6.45) is 0. The molecule has 0 atom stereocenters. The highest BCUT2D eigenvalue weighted by Crippen LogP contribution is 2.26. The molecule has 3 heterocycles. The van der Waals surface area contributed by atoms with Crippen LogP contribution >= 0.6 is 11.8 Å². The molecule has 0 unspecified atom stereocenters. The third-order valence-corrected chi connectivity index (χ3v) is 5.96. The summed E-state index contributed by atoms with van der Waals surface area (Å²) in [5.74, 6) is 0.484. The van der Waals surface area contributed by atoms with E-state index < -0.39 is 11.2 Å². The van der Waals surface area contributed by atoms with Crippen LogP contribution in [0.4, 0.5) is 0 Å². The lowest BCUT2D eigenvalue weighted by Gasteiger charge is -2.26. The molecule has 1 aliphatic rings. The molecule has 1 amide bonds. The van der Waals surface area contributed by atoms with E-state index in [4.69, 9.17) is 4.74 Å². The number of carbonyl (C=O) groups is 1. The van der Waals surface area contributed by atoms with E-state index in [1.165, 1.54) is 23.4 Å². The van der Waals surface area contributed by atoms with Crippen molar-refractivity contribution in [3.8, 4) is 11.4 Å². The zero-order valence-electron chi connectivity index (χ0n) is 16.7. The molecule has 1 aliphatic heterocycles. The molecule has 1 fully saturated rings. The molecule has 0 radical (unpaired) electrons. The van der Waals surface area contributed by atoms with Crippen LogP contribution in [0.5, 0.6) is 0 Å². The lowest BCUT2D eigenvalue weighted by Crippen LogP contribution is -2.41. The van der Waals surface area contributed by atoms with Gasteiger partial charge < -0.3 is 9.64 Å². The highest BCUT2D eigenvalue weighted by molar-refractivity contribution is 8.00. The lowest BCUT2D eigenvalue weighted by atomic mass is 10.2. The fraction of sp³-hybridized carbons (Fsp3) is 0.350. The summed E-state index contributed by atoms with van der Waals surface area (Å²) in [5, 5.41) is 0.621. The number of nitrogens with zero attached hydrogens (tertiary/aromatic N) is 5. The molecular weight excluding hydrogens is 406 g/mol. The summed E-state index contributed by atoms with van der Waals surface area (Å²) >= 11 is 1.19. The summed E-state index contributed by atoms with van der Waals surface area (Å²) in [4.78, 5) is 48.7. The number of carbonyl (C=O) groups excluding carboxylic acids is 1. The Bertz CT molecular complexity index is 1220. The second-order valence-corrected chi connectivity index (χ2v) is 7.87. The van der Waals surface area contributed by atoms with Crippen LogP contribution in [0, 0.1) is 0 Å². The average Bonchev–Trinajstić information content (AvgIpc) is 2.80. The van der Waals surface area contributed by atoms with Gasteiger partial charge in [-0.3, -0.25) is 18.7 Å². The van der Waals surface area contributed by atoms with Gasteiger partial charge in [0.2, 0.25) is 5.91 Å². The predicted molar refractivity (Wildman–Crippen MR) is 114 cm³/mol. The van der Waals surface area contributed by atoms with E-state index in [0.717, 1.165) is 10.1 Å². The van der Waals surface area contributed by atoms with Gasteiger partial charge in [-0.1, -0.05) is 42.1 Å². The maximum Gasteiger partial charge on any atom is 0.332 e. The fourth-order valence-electron chi connectivity index (χ4n) is 3.28. The van der Waals surface area contributed by atoms with E-state index in [0.29, 0.717) is 37.2 Å². The van der Waals surface area contributed by atoms with Crippen molar-refractivity contribution in [2.75, 3.05) is 32.1 Å². The van der Waals surface area contributed by atoms with Gasteiger partial charge in [0, 0.05) is 32.7 Å². The number of fused-ring (bicyclic) bond motifs is 1. The number of thioether (sulfide) groups is 1. The molecule has 9 nitrogen and oxygen atoms in total. The number of benzene rings is 1. The predicted octanol–water partition coefficient (Wildman–Crippen LogP) is 0.645. The van der Waals surface area contributed by atoms with Gasteiger partial charge in [-0.25, -0.2) is 14.8 Å². The van der Waals surface area contributed by atoms with Crippen LogP contribution in [0.3, 0.4) is 0 Å². The van der Waals surface area contributed by atoms with Crippen LogP contribution in [0.25, 0.3) is 22.4 Å².